The van der Waals surface area contributed by atoms with Crippen LogP contribution in [-0.4, -0.2) is 29.3 Å². The van der Waals surface area contributed by atoms with Gasteiger partial charge < -0.3 is 26.0 Å². The molecule has 2 aromatic carbocycles. The van der Waals surface area contributed by atoms with Gasteiger partial charge in [-0.2, -0.15) is 0 Å². The molecule has 6 heteroatoms. The molecule has 1 amide bonds. The molecule has 0 bridgehead atoms. The SMILES string of the molecule is C[C@@H](/C=C/C(=O)Nc1ccccc1N)[C@H](O)c1cccc(OCCO)c1. The van der Waals surface area contributed by atoms with Gasteiger partial charge >= 0.3 is 0 Å². The van der Waals surface area contributed by atoms with Crippen LogP contribution in [-0.2, 0) is 4.79 Å². The number of nitrogens with one attached hydrogen (secondary N) is 1. The number of aliphatic hydroxyl groups excluding tert-OH is 2. The molecule has 0 saturated heterocycles. The summed E-state index contributed by atoms with van der Waals surface area (Å²) >= 11 is 0. The lowest BCUT2D eigenvalue weighted by molar-refractivity contribution is -0.111. The van der Waals surface area contributed by atoms with Crippen molar-refractivity contribution in [1.29, 1.82) is 0 Å². The predicted octanol–water partition coefficient (Wildman–Crippen LogP) is 2.50. The lowest BCUT2D eigenvalue weighted by atomic mass is 9.97. The largest absolute Gasteiger partial charge is 0.491 e. The standard InChI is InChI=1S/C20H24N2O4/c1-14(9-10-19(24)22-18-8-3-2-7-17(18)21)20(25)15-5-4-6-16(13-15)26-12-11-23/h2-10,13-14,20,23,25H,11-12,21H2,1H3,(H,22,24)/b10-9+/t14-,20-/m0/s1. The van der Waals surface area contributed by atoms with Crippen molar-refractivity contribution >= 4 is 17.3 Å². The van der Waals surface area contributed by atoms with E-state index in [2.05, 4.69) is 5.32 Å². The second-order valence-electron chi connectivity index (χ2n) is 5.88. The van der Waals surface area contributed by atoms with Gasteiger partial charge in [-0.1, -0.05) is 37.3 Å². The Hall–Kier alpha value is -2.83. The second-order valence-corrected chi connectivity index (χ2v) is 5.88. The molecule has 0 fully saturated rings. The van der Waals surface area contributed by atoms with Crippen molar-refractivity contribution in [3.05, 3.63) is 66.2 Å². The average molecular weight is 356 g/mol. The van der Waals surface area contributed by atoms with Gasteiger partial charge in [0.25, 0.3) is 0 Å². The summed E-state index contributed by atoms with van der Waals surface area (Å²) in [7, 11) is 0. The first kappa shape index (κ1) is 19.5. The number of para-hydroxylation sites is 2. The molecule has 0 radical (unpaired) electrons. The number of hydrogen-bond acceptors (Lipinski definition) is 5. The summed E-state index contributed by atoms with van der Waals surface area (Å²) in [4.78, 5) is 12.0. The van der Waals surface area contributed by atoms with Crippen LogP contribution in [0.2, 0.25) is 0 Å². The molecule has 0 spiro atoms. The van der Waals surface area contributed by atoms with Crippen molar-refractivity contribution in [1.82, 2.24) is 0 Å². The Morgan fingerprint density at radius 2 is 2.04 bits per heavy atom. The second kappa shape index (κ2) is 9.60. The minimum Gasteiger partial charge on any atom is -0.491 e. The van der Waals surface area contributed by atoms with Crippen LogP contribution in [0.15, 0.2) is 60.7 Å². The zero-order valence-corrected chi connectivity index (χ0v) is 14.6. The van der Waals surface area contributed by atoms with Gasteiger partial charge in [0.15, 0.2) is 0 Å². The van der Waals surface area contributed by atoms with Gasteiger partial charge in [-0.3, -0.25) is 4.79 Å². The molecule has 2 aromatic rings. The summed E-state index contributed by atoms with van der Waals surface area (Å²) in [6, 6.07) is 14.0. The average Bonchev–Trinajstić information content (AvgIpc) is 2.66. The van der Waals surface area contributed by atoms with Gasteiger partial charge in [-0.15, -0.1) is 0 Å². The van der Waals surface area contributed by atoms with Crippen LogP contribution >= 0.6 is 0 Å². The Bertz CT molecular complexity index is 761. The fourth-order valence-electron chi connectivity index (χ4n) is 2.39. The first-order valence-corrected chi connectivity index (χ1v) is 8.36. The molecule has 0 aliphatic heterocycles. The quantitative estimate of drug-likeness (QED) is 0.430. The van der Waals surface area contributed by atoms with E-state index in [1.54, 1.807) is 54.6 Å². The van der Waals surface area contributed by atoms with Gasteiger partial charge in [-0.05, 0) is 35.9 Å². The molecule has 26 heavy (non-hydrogen) atoms. The smallest absolute Gasteiger partial charge is 0.248 e. The Morgan fingerprint density at radius 1 is 1.27 bits per heavy atom. The van der Waals surface area contributed by atoms with E-state index in [1.165, 1.54) is 6.08 Å². The number of benzene rings is 2. The van der Waals surface area contributed by atoms with E-state index < -0.39 is 6.10 Å². The third-order valence-electron chi connectivity index (χ3n) is 3.83. The van der Waals surface area contributed by atoms with Crippen LogP contribution in [0.1, 0.15) is 18.6 Å². The van der Waals surface area contributed by atoms with Crippen molar-refractivity contribution in [3.63, 3.8) is 0 Å². The summed E-state index contributed by atoms with van der Waals surface area (Å²) in [5, 5.41) is 22.0. The molecule has 2 rings (SSSR count). The highest BCUT2D eigenvalue weighted by Crippen LogP contribution is 2.26. The maximum absolute atomic E-state index is 12.0. The van der Waals surface area contributed by atoms with E-state index in [0.29, 0.717) is 22.7 Å². The lowest BCUT2D eigenvalue weighted by Crippen LogP contribution is -2.12. The van der Waals surface area contributed by atoms with E-state index in [0.717, 1.165) is 0 Å². The van der Waals surface area contributed by atoms with E-state index in [-0.39, 0.29) is 25.0 Å². The molecule has 0 aliphatic carbocycles. The fourth-order valence-corrected chi connectivity index (χ4v) is 2.39. The van der Waals surface area contributed by atoms with Crippen LogP contribution in [0.25, 0.3) is 0 Å². The van der Waals surface area contributed by atoms with Gasteiger partial charge in [0.1, 0.15) is 12.4 Å². The molecule has 0 heterocycles. The summed E-state index contributed by atoms with van der Waals surface area (Å²) in [5.41, 5.74) is 7.50. The van der Waals surface area contributed by atoms with Gasteiger partial charge in [0.2, 0.25) is 5.91 Å². The number of anilines is 2. The summed E-state index contributed by atoms with van der Waals surface area (Å²) < 4.78 is 5.35. The Balaban J connectivity index is 1.97. The fraction of sp³-hybridized carbons (Fsp3) is 0.250. The van der Waals surface area contributed by atoms with Crippen LogP contribution in [0.4, 0.5) is 11.4 Å². The number of carbonyl (C=O) groups excluding carboxylic acids is 1. The zero-order valence-electron chi connectivity index (χ0n) is 14.6. The van der Waals surface area contributed by atoms with Crippen molar-refractivity contribution in [2.24, 2.45) is 5.92 Å². The van der Waals surface area contributed by atoms with Crippen molar-refractivity contribution in [2.45, 2.75) is 13.0 Å². The van der Waals surface area contributed by atoms with Gasteiger partial charge in [0, 0.05) is 5.92 Å². The van der Waals surface area contributed by atoms with E-state index in [9.17, 15) is 9.90 Å². The topological polar surface area (TPSA) is 105 Å². The molecular weight excluding hydrogens is 332 g/mol. The molecule has 6 nitrogen and oxygen atoms in total. The molecule has 0 saturated carbocycles. The molecular formula is C20H24N2O4. The maximum atomic E-state index is 12.0. The van der Waals surface area contributed by atoms with E-state index in [4.69, 9.17) is 15.6 Å². The highest BCUT2D eigenvalue weighted by atomic mass is 16.5. The first-order valence-electron chi connectivity index (χ1n) is 8.36. The third kappa shape index (κ3) is 5.61. The monoisotopic (exact) mass is 356 g/mol. The van der Waals surface area contributed by atoms with E-state index in [1.807, 2.05) is 6.92 Å². The number of hydrogen-bond donors (Lipinski definition) is 4. The van der Waals surface area contributed by atoms with Crippen LogP contribution < -0.4 is 15.8 Å². The number of amides is 1. The number of nitrogen functional groups attached to an aromatic ring is 1. The summed E-state index contributed by atoms with van der Waals surface area (Å²) in [5.74, 6) is -0.0342. The highest BCUT2D eigenvalue weighted by molar-refractivity contribution is 6.01. The lowest BCUT2D eigenvalue weighted by Gasteiger charge is -2.17. The van der Waals surface area contributed by atoms with Crippen molar-refractivity contribution in [3.8, 4) is 5.75 Å². The highest BCUT2D eigenvalue weighted by Gasteiger charge is 2.15. The van der Waals surface area contributed by atoms with Crippen molar-refractivity contribution < 1.29 is 19.7 Å². The van der Waals surface area contributed by atoms with Crippen LogP contribution in [0.3, 0.4) is 0 Å². The maximum Gasteiger partial charge on any atom is 0.248 e. The van der Waals surface area contributed by atoms with Crippen LogP contribution in [0.5, 0.6) is 5.75 Å². The summed E-state index contributed by atoms with van der Waals surface area (Å²) in [6.07, 6.45) is 2.23. The molecule has 0 aliphatic rings. The van der Waals surface area contributed by atoms with E-state index >= 15 is 0 Å². The van der Waals surface area contributed by atoms with Gasteiger partial charge in [0.05, 0.1) is 24.1 Å². The number of nitrogens with two attached hydrogens (primary N) is 1. The molecule has 0 aromatic heterocycles. The molecule has 2 atom stereocenters. The van der Waals surface area contributed by atoms with Gasteiger partial charge in [-0.25, -0.2) is 0 Å². The molecule has 0 unspecified atom stereocenters. The van der Waals surface area contributed by atoms with Crippen molar-refractivity contribution in [2.75, 3.05) is 24.3 Å². The number of rotatable bonds is 8. The Kier molecular flexibility index (Phi) is 7.20. The Morgan fingerprint density at radius 3 is 2.77 bits per heavy atom. The number of ether oxygens (including phenoxy) is 1. The third-order valence-corrected chi connectivity index (χ3v) is 3.83. The normalized spacial score (nSPS) is 13.3. The van der Waals surface area contributed by atoms with Crippen LogP contribution in [0, 0.1) is 5.92 Å². The predicted molar refractivity (Wildman–Crippen MR) is 102 cm³/mol. The number of aliphatic hydroxyl groups is 2. The first-order chi connectivity index (χ1) is 12.5. The minimum absolute atomic E-state index is 0.0764. The number of carbonyl (C=O) groups is 1. The zero-order chi connectivity index (χ0) is 18.9. The Labute approximate surface area is 152 Å². The molecule has 5 N–H and O–H groups in total. The molecule has 138 valence electrons. The summed E-state index contributed by atoms with van der Waals surface area (Å²) in [6.45, 7) is 1.93. The minimum atomic E-state index is -0.793.